The predicted octanol–water partition coefficient (Wildman–Crippen LogP) is 2.80. The van der Waals surface area contributed by atoms with Gasteiger partial charge in [-0.25, -0.2) is 0 Å². The van der Waals surface area contributed by atoms with Crippen molar-refractivity contribution < 1.29 is 4.79 Å². The van der Waals surface area contributed by atoms with Gasteiger partial charge >= 0.3 is 0 Å². The first-order valence-electron chi connectivity index (χ1n) is 6.83. The highest BCUT2D eigenvalue weighted by atomic mass is 16.2. The molecule has 0 heterocycles. The van der Waals surface area contributed by atoms with Crippen molar-refractivity contribution in [3.63, 3.8) is 0 Å². The average Bonchev–Trinajstić information content (AvgIpc) is 2.34. The summed E-state index contributed by atoms with van der Waals surface area (Å²) in [7, 11) is 0. The second kappa shape index (κ2) is 6.20. The summed E-state index contributed by atoms with van der Waals surface area (Å²) in [5, 5.41) is 0. The molecule has 0 bridgehead atoms. The van der Waals surface area contributed by atoms with Crippen molar-refractivity contribution in [3.05, 3.63) is 35.9 Å². The van der Waals surface area contributed by atoms with Crippen molar-refractivity contribution in [1.29, 1.82) is 0 Å². The summed E-state index contributed by atoms with van der Waals surface area (Å²) in [5.41, 5.74) is 7.00. The Kier molecular flexibility index (Phi) is 5.12. The quantitative estimate of drug-likeness (QED) is 0.907. The zero-order chi connectivity index (χ0) is 14.6. The van der Waals surface area contributed by atoms with Crippen molar-refractivity contribution in [2.75, 3.05) is 0 Å². The Balaban J connectivity index is 2.87. The molecule has 0 saturated carbocycles. The molecule has 0 radical (unpaired) electrons. The summed E-state index contributed by atoms with van der Waals surface area (Å²) >= 11 is 0. The molecule has 2 N–H and O–H groups in total. The number of amides is 1. The Morgan fingerprint density at radius 3 is 2.16 bits per heavy atom. The fraction of sp³-hybridized carbons (Fsp3) is 0.562. The molecule has 1 atom stereocenters. The zero-order valence-corrected chi connectivity index (χ0v) is 12.7. The van der Waals surface area contributed by atoms with Gasteiger partial charge < -0.3 is 10.6 Å². The van der Waals surface area contributed by atoms with Gasteiger partial charge in [-0.05, 0) is 24.8 Å². The standard InChI is InChI=1S/C16H26N2O/c1-12(2)18(11-13-9-7-6-8-10-13)15(19)14(17)16(3,4)5/h6-10,12,14H,11,17H2,1-5H3/t14-/m1/s1. The first-order valence-corrected chi connectivity index (χ1v) is 6.83. The third-order valence-corrected chi connectivity index (χ3v) is 3.30. The molecule has 0 spiro atoms. The number of nitrogens with zero attached hydrogens (tertiary/aromatic N) is 1. The minimum Gasteiger partial charge on any atom is -0.335 e. The van der Waals surface area contributed by atoms with Crippen LogP contribution in [0.4, 0.5) is 0 Å². The molecule has 3 nitrogen and oxygen atoms in total. The average molecular weight is 262 g/mol. The van der Waals surface area contributed by atoms with Crippen LogP contribution in [0.2, 0.25) is 0 Å². The van der Waals surface area contributed by atoms with Crippen LogP contribution in [0, 0.1) is 5.41 Å². The van der Waals surface area contributed by atoms with E-state index >= 15 is 0 Å². The van der Waals surface area contributed by atoms with Gasteiger partial charge in [0.1, 0.15) is 0 Å². The van der Waals surface area contributed by atoms with Crippen LogP contribution in [0.5, 0.6) is 0 Å². The van der Waals surface area contributed by atoms with Gasteiger partial charge in [0, 0.05) is 12.6 Å². The maximum atomic E-state index is 12.5. The highest BCUT2D eigenvalue weighted by Gasteiger charge is 2.32. The van der Waals surface area contributed by atoms with Gasteiger partial charge in [0.15, 0.2) is 0 Å². The monoisotopic (exact) mass is 262 g/mol. The van der Waals surface area contributed by atoms with Crippen LogP contribution in [0.15, 0.2) is 30.3 Å². The van der Waals surface area contributed by atoms with Crippen LogP contribution < -0.4 is 5.73 Å². The van der Waals surface area contributed by atoms with Crippen LogP contribution >= 0.6 is 0 Å². The minimum absolute atomic E-state index is 0.0198. The fourth-order valence-electron chi connectivity index (χ4n) is 1.84. The first-order chi connectivity index (χ1) is 8.73. The van der Waals surface area contributed by atoms with Crippen molar-refractivity contribution >= 4 is 5.91 Å². The molecule has 0 aliphatic carbocycles. The third kappa shape index (κ3) is 4.35. The Morgan fingerprint density at radius 2 is 1.74 bits per heavy atom. The molecular weight excluding hydrogens is 236 g/mol. The van der Waals surface area contributed by atoms with Crippen LogP contribution in [-0.4, -0.2) is 22.9 Å². The van der Waals surface area contributed by atoms with Crippen LogP contribution in [0.25, 0.3) is 0 Å². The number of benzene rings is 1. The van der Waals surface area contributed by atoms with E-state index in [1.807, 2.05) is 69.9 Å². The normalized spacial score (nSPS) is 13.4. The van der Waals surface area contributed by atoms with Gasteiger partial charge in [-0.15, -0.1) is 0 Å². The molecule has 0 aromatic heterocycles. The SMILES string of the molecule is CC(C)N(Cc1ccccc1)C(=O)[C@@H](N)C(C)(C)C. The van der Waals surface area contributed by atoms with Gasteiger partial charge in [0.2, 0.25) is 5.91 Å². The smallest absolute Gasteiger partial charge is 0.240 e. The number of carbonyl (C=O) groups is 1. The van der Waals surface area contributed by atoms with Gasteiger partial charge in [0.25, 0.3) is 0 Å². The number of nitrogens with two attached hydrogens (primary N) is 1. The molecule has 1 aromatic rings. The lowest BCUT2D eigenvalue weighted by Crippen LogP contribution is -2.52. The van der Waals surface area contributed by atoms with Crippen LogP contribution in [-0.2, 0) is 11.3 Å². The van der Waals surface area contributed by atoms with E-state index in [1.54, 1.807) is 0 Å². The fourth-order valence-corrected chi connectivity index (χ4v) is 1.84. The Labute approximate surface area is 116 Å². The van der Waals surface area contributed by atoms with Crippen LogP contribution in [0.1, 0.15) is 40.2 Å². The van der Waals surface area contributed by atoms with Gasteiger partial charge in [-0.2, -0.15) is 0 Å². The maximum absolute atomic E-state index is 12.5. The van der Waals surface area contributed by atoms with E-state index in [4.69, 9.17) is 5.73 Å². The molecule has 0 fully saturated rings. The summed E-state index contributed by atoms with van der Waals surface area (Å²) in [6.07, 6.45) is 0. The van der Waals surface area contributed by atoms with Gasteiger partial charge in [-0.3, -0.25) is 4.79 Å². The van der Waals surface area contributed by atoms with E-state index < -0.39 is 6.04 Å². The van der Waals surface area contributed by atoms with E-state index in [1.165, 1.54) is 0 Å². The zero-order valence-electron chi connectivity index (χ0n) is 12.7. The second-order valence-electron chi connectivity index (χ2n) is 6.39. The lowest BCUT2D eigenvalue weighted by molar-refractivity contribution is -0.137. The topological polar surface area (TPSA) is 46.3 Å². The van der Waals surface area contributed by atoms with Crippen molar-refractivity contribution in [3.8, 4) is 0 Å². The molecule has 0 unspecified atom stereocenters. The number of hydrogen-bond donors (Lipinski definition) is 1. The third-order valence-electron chi connectivity index (χ3n) is 3.30. The van der Waals surface area contributed by atoms with E-state index in [9.17, 15) is 4.79 Å². The number of carbonyl (C=O) groups excluding carboxylic acids is 1. The Bertz CT molecular complexity index is 407. The first kappa shape index (κ1) is 15.7. The van der Waals surface area contributed by atoms with Crippen LogP contribution in [0.3, 0.4) is 0 Å². The molecule has 0 aliphatic rings. The van der Waals surface area contributed by atoms with Gasteiger partial charge in [0.05, 0.1) is 6.04 Å². The Morgan fingerprint density at radius 1 is 1.21 bits per heavy atom. The summed E-state index contributed by atoms with van der Waals surface area (Å²) in [6.45, 7) is 10.7. The summed E-state index contributed by atoms with van der Waals surface area (Å²) < 4.78 is 0. The molecule has 0 saturated heterocycles. The molecule has 1 rings (SSSR count). The van der Waals surface area contributed by atoms with E-state index in [0.29, 0.717) is 6.54 Å². The summed E-state index contributed by atoms with van der Waals surface area (Å²) in [4.78, 5) is 14.4. The van der Waals surface area contributed by atoms with Crippen molar-refractivity contribution in [1.82, 2.24) is 4.90 Å². The maximum Gasteiger partial charge on any atom is 0.240 e. The molecule has 1 aromatic carbocycles. The van der Waals surface area contributed by atoms with E-state index in [0.717, 1.165) is 5.56 Å². The lowest BCUT2D eigenvalue weighted by atomic mass is 9.86. The minimum atomic E-state index is -0.474. The summed E-state index contributed by atoms with van der Waals surface area (Å²) in [5.74, 6) is 0.0198. The molecule has 106 valence electrons. The molecule has 3 heteroatoms. The van der Waals surface area contributed by atoms with E-state index in [2.05, 4.69) is 0 Å². The summed E-state index contributed by atoms with van der Waals surface area (Å²) in [6, 6.07) is 9.69. The molecule has 19 heavy (non-hydrogen) atoms. The lowest BCUT2D eigenvalue weighted by Gasteiger charge is -2.34. The highest BCUT2D eigenvalue weighted by Crippen LogP contribution is 2.21. The molecule has 1 amide bonds. The Hall–Kier alpha value is -1.35. The highest BCUT2D eigenvalue weighted by molar-refractivity contribution is 5.82. The molecule has 0 aliphatic heterocycles. The molecular formula is C16H26N2O. The van der Waals surface area contributed by atoms with Gasteiger partial charge in [-0.1, -0.05) is 51.1 Å². The largest absolute Gasteiger partial charge is 0.335 e. The number of hydrogen-bond acceptors (Lipinski definition) is 2. The van der Waals surface area contributed by atoms with Crippen molar-refractivity contribution in [2.45, 2.75) is 53.2 Å². The predicted molar refractivity (Wildman–Crippen MR) is 79.6 cm³/mol. The van der Waals surface area contributed by atoms with E-state index in [-0.39, 0.29) is 17.4 Å². The second-order valence-corrected chi connectivity index (χ2v) is 6.39. The number of rotatable bonds is 4. The van der Waals surface area contributed by atoms with Crippen molar-refractivity contribution in [2.24, 2.45) is 11.1 Å².